The minimum atomic E-state index is -1.05. The van der Waals surface area contributed by atoms with Gasteiger partial charge in [-0.15, -0.1) is 0 Å². The monoisotopic (exact) mass is 215 g/mol. The summed E-state index contributed by atoms with van der Waals surface area (Å²) in [7, 11) is 0. The van der Waals surface area contributed by atoms with E-state index in [1.807, 2.05) is 0 Å². The summed E-state index contributed by atoms with van der Waals surface area (Å²) in [6.45, 7) is 1.66. The lowest BCUT2D eigenvalue weighted by Crippen LogP contribution is -2.05. The summed E-state index contributed by atoms with van der Waals surface area (Å²) in [5, 5.41) is 8.93. The predicted octanol–water partition coefficient (Wildman–Crippen LogP) is 1.55. The molecule has 0 radical (unpaired) electrons. The largest absolute Gasteiger partial charge is 0.477 e. The number of aryl methyl sites for hydroxylation is 1. The number of carbonyl (C=O) groups is 1. The number of rotatable bonds is 2. The third kappa shape index (κ3) is 1.88. The molecule has 0 spiro atoms. The number of pyridine rings is 1. The van der Waals surface area contributed by atoms with E-state index in [0.717, 1.165) is 0 Å². The Balaban J connectivity index is 2.52. The zero-order valence-electron chi connectivity index (χ0n) is 8.58. The lowest BCUT2D eigenvalue weighted by atomic mass is 10.2. The van der Waals surface area contributed by atoms with Crippen molar-refractivity contribution in [2.24, 2.45) is 0 Å². The van der Waals surface area contributed by atoms with E-state index >= 15 is 0 Å². The van der Waals surface area contributed by atoms with Crippen molar-refractivity contribution >= 4 is 5.97 Å². The molecule has 0 atom stereocenters. The Bertz CT molecular complexity index is 526. The molecule has 2 rings (SSSR count). The van der Waals surface area contributed by atoms with Gasteiger partial charge in [-0.05, 0) is 19.1 Å². The zero-order valence-corrected chi connectivity index (χ0v) is 8.58. The molecule has 0 saturated carbocycles. The van der Waals surface area contributed by atoms with Crippen LogP contribution in [0.25, 0.3) is 11.4 Å². The summed E-state index contributed by atoms with van der Waals surface area (Å²) in [6.07, 6.45) is 4.73. The van der Waals surface area contributed by atoms with Crippen molar-refractivity contribution in [1.82, 2.24) is 15.0 Å². The van der Waals surface area contributed by atoms with E-state index in [9.17, 15) is 4.79 Å². The van der Waals surface area contributed by atoms with Crippen LogP contribution in [0.3, 0.4) is 0 Å². The van der Waals surface area contributed by atoms with Crippen LogP contribution in [-0.2, 0) is 0 Å². The Hall–Kier alpha value is -2.30. The third-order valence-corrected chi connectivity index (χ3v) is 2.09. The first-order valence-electron chi connectivity index (χ1n) is 4.66. The predicted molar refractivity (Wildman–Crippen MR) is 57.0 cm³/mol. The summed E-state index contributed by atoms with van der Waals surface area (Å²) in [5.41, 5.74) is 1.26. The van der Waals surface area contributed by atoms with Crippen LogP contribution in [0, 0.1) is 6.92 Å². The first-order chi connectivity index (χ1) is 7.68. The van der Waals surface area contributed by atoms with Crippen molar-refractivity contribution in [3.8, 4) is 11.4 Å². The highest BCUT2D eigenvalue weighted by Crippen LogP contribution is 2.14. The van der Waals surface area contributed by atoms with E-state index in [1.54, 1.807) is 31.5 Å². The standard InChI is InChI=1S/C11H9N3O2/c1-7-5-13-10(14-9(7)11(15)16)8-3-2-4-12-6-8/h2-6H,1H3,(H,15,16). The number of hydrogen-bond acceptors (Lipinski definition) is 4. The van der Waals surface area contributed by atoms with Gasteiger partial charge in [0.25, 0.3) is 0 Å². The molecular formula is C11H9N3O2. The maximum absolute atomic E-state index is 10.9. The third-order valence-electron chi connectivity index (χ3n) is 2.09. The van der Waals surface area contributed by atoms with Gasteiger partial charge in [0.1, 0.15) is 0 Å². The number of hydrogen-bond donors (Lipinski definition) is 1. The molecule has 2 heterocycles. The molecule has 2 aromatic rings. The van der Waals surface area contributed by atoms with Gasteiger partial charge in [0.05, 0.1) is 0 Å². The second-order valence-corrected chi connectivity index (χ2v) is 3.27. The lowest BCUT2D eigenvalue weighted by molar-refractivity contribution is 0.0689. The van der Waals surface area contributed by atoms with E-state index in [4.69, 9.17) is 5.11 Å². The molecule has 16 heavy (non-hydrogen) atoms. The average molecular weight is 215 g/mol. The van der Waals surface area contributed by atoms with Crippen LogP contribution in [-0.4, -0.2) is 26.0 Å². The van der Waals surface area contributed by atoms with Crippen LogP contribution in [0.2, 0.25) is 0 Å². The Kier molecular flexibility index (Phi) is 2.59. The number of aromatic nitrogens is 3. The van der Waals surface area contributed by atoms with Crippen molar-refractivity contribution in [3.63, 3.8) is 0 Å². The molecular weight excluding hydrogens is 206 g/mol. The van der Waals surface area contributed by atoms with Gasteiger partial charge >= 0.3 is 5.97 Å². The van der Waals surface area contributed by atoms with Gasteiger partial charge in [-0.1, -0.05) is 0 Å². The molecule has 80 valence electrons. The van der Waals surface area contributed by atoms with Gasteiger partial charge < -0.3 is 5.11 Å². The molecule has 0 unspecified atom stereocenters. The molecule has 0 fully saturated rings. The van der Waals surface area contributed by atoms with Crippen LogP contribution in [0.4, 0.5) is 0 Å². The van der Waals surface area contributed by atoms with E-state index in [1.165, 1.54) is 6.20 Å². The molecule has 0 aromatic carbocycles. The quantitative estimate of drug-likeness (QED) is 0.822. The molecule has 5 nitrogen and oxygen atoms in total. The number of nitrogens with zero attached hydrogens (tertiary/aromatic N) is 3. The van der Waals surface area contributed by atoms with Crippen LogP contribution in [0.1, 0.15) is 16.1 Å². The Morgan fingerprint density at radius 3 is 2.81 bits per heavy atom. The second-order valence-electron chi connectivity index (χ2n) is 3.27. The number of aromatic carboxylic acids is 1. The first kappa shape index (κ1) is 10.2. The lowest BCUT2D eigenvalue weighted by Gasteiger charge is -2.02. The highest BCUT2D eigenvalue weighted by molar-refractivity contribution is 5.87. The van der Waals surface area contributed by atoms with Gasteiger partial charge in [-0.25, -0.2) is 14.8 Å². The summed E-state index contributed by atoms with van der Waals surface area (Å²) in [4.78, 5) is 22.9. The zero-order chi connectivity index (χ0) is 11.5. The molecule has 0 aliphatic heterocycles. The maximum Gasteiger partial charge on any atom is 0.354 e. The molecule has 0 aliphatic carbocycles. The minimum Gasteiger partial charge on any atom is -0.477 e. The van der Waals surface area contributed by atoms with E-state index in [2.05, 4.69) is 15.0 Å². The molecule has 2 aromatic heterocycles. The van der Waals surface area contributed by atoms with Gasteiger partial charge in [0.15, 0.2) is 11.5 Å². The highest BCUT2D eigenvalue weighted by Gasteiger charge is 2.11. The average Bonchev–Trinajstić information content (AvgIpc) is 2.30. The molecule has 0 saturated heterocycles. The summed E-state index contributed by atoms with van der Waals surface area (Å²) < 4.78 is 0. The molecule has 5 heteroatoms. The summed E-state index contributed by atoms with van der Waals surface area (Å²) >= 11 is 0. The Labute approximate surface area is 91.8 Å². The smallest absolute Gasteiger partial charge is 0.354 e. The highest BCUT2D eigenvalue weighted by atomic mass is 16.4. The maximum atomic E-state index is 10.9. The van der Waals surface area contributed by atoms with Crippen molar-refractivity contribution in [2.75, 3.05) is 0 Å². The normalized spacial score (nSPS) is 10.1. The Morgan fingerprint density at radius 1 is 1.38 bits per heavy atom. The van der Waals surface area contributed by atoms with Crippen molar-refractivity contribution < 1.29 is 9.90 Å². The van der Waals surface area contributed by atoms with Gasteiger partial charge in [0.2, 0.25) is 0 Å². The van der Waals surface area contributed by atoms with Gasteiger partial charge in [-0.2, -0.15) is 0 Å². The minimum absolute atomic E-state index is 0.0221. The Morgan fingerprint density at radius 2 is 2.19 bits per heavy atom. The summed E-state index contributed by atoms with van der Waals surface area (Å²) in [6, 6.07) is 3.53. The van der Waals surface area contributed by atoms with Crippen molar-refractivity contribution in [1.29, 1.82) is 0 Å². The fourth-order valence-electron chi connectivity index (χ4n) is 1.29. The van der Waals surface area contributed by atoms with Gasteiger partial charge in [0, 0.05) is 29.7 Å². The fraction of sp³-hybridized carbons (Fsp3) is 0.0909. The van der Waals surface area contributed by atoms with Crippen LogP contribution in [0.15, 0.2) is 30.7 Å². The number of carboxylic acids is 1. The molecule has 0 amide bonds. The van der Waals surface area contributed by atoms with Crippen LogP contribution < -0.4 is 0 Å². The number of carboxylic acid groups (broad SMARTS) is 1. The van der Waals surface area contributed by atoms with E-state index in [0.29, 0.717) is 17.0 Å². The second kappa shape index (κ2) is 4.06. The topological polar surface area (TPSA) is 76.0 Å². The van der Waals surface area contributed by atoms with E-state index in [-0.39, 0.29) is 5.69 Å². The first-order valence-corrected chi connectivity index (χ1v) is 4.66. The molecule has 0 aliphatic rings. The van der Waals surface area contributed by atoms with E-state index < -0.39 is 5.97 Å². The fourth-order valence-corrected chi connectivity index (χ4v) is 1.29. The SMILES string of the molecule is Cc1cnc(-c2cccnc2)nc1C(=O)O. The van der Waals surface area contributed by atoms with Crippen molar-refractivity contribution in [3.05, 3.63) is 42.0 Å². The molecule has 1 N–H and O–H groups in total. The molecule has 0 bridgehead atoms. The van der Waals surface area contributed by atoms with Crippen LogP contribution in [0.5, 0.6) is 0 Å². The van der Waals surface area contributed by atoms with Crippen molar-refractivity contribution in [2.45, 2.75) is 6.92 Å². The summed E-state index contributed by atoms with van der Waals surface area (Å²) in [5.74, 6) is -0.679. The van der Waals surface area contributed by atoms with Crippen LogP contribution >= 0.6 is 0 Å². The van der Waals surface area contributed by atoms with Gasteiger partial charge in [-0.3, -0.25) is 4.98 Å².